The number of nitrogens with one attached hydrogen (secondary N) is 3. The highest BCUT2D eigenvalue weighted by atomic mass is 127. The zero-order valence-electron chi connectivity index (χ0n) is 16.8. The van der Waals surface area contributed by atoms with E-state index in [1.54, 1.807) is 18.2 Å². The van der Waals surface area contributed by atoms with Crippen molar-refractivity contribution in [2.24, 2.45) is 0 Å². The molecule has 1 heterocycles. The van der Waals surface area contributed by atoms with E-state index in [1.165, 1.54) is 6.21 Å². The van der Waals surface area contributed by atoms with Crippen LogP contribution in [0.3, 0.4) is 0 Å². The number of aromatic nitrogens is 2. The number of benzene rings is 2. The van der Waals surface area contributed by atoms with Crippen LogP contribution in [0.5, 0.6) is 0 Å². The molecule has 3 aromatic rings. The lowest BCUT2D eigenvalue weighted by Crippen LogP contribution is -2.73. The molecule has 1 atom stereocenters. The summed E-state index contributed by atoms with van der Waals surface area (Å²) in [5, 5.41) is 30.9. The molecule has 156 valence electrons. The van der Waals surface area contributed by atoms with Crippen LogP contribution in [0, 0.1) is 5.41 Å². The molecule has 0 amide bonds. The van der Waals surface area contributed by atoms with Crippen LogP contribution in [-0.2, 0) is 0 Å². The topological polar surface area (TPSA) is 124 Å². The molecule has 8 nitrogen and oxygen atoms in total. The molecule has 0 aliphatic carbocycles. The maximum Gasteiger partial charge on any atom is 0.320 e. The van der Waals surface area contributed by atoms with Crippen molar-refractivity contribution >= 4 is 57.7 Å². The number of anilines is 3. The lowest BCUT2D eigenvalue weighted by Gasteiger charge is -2.08. The highest BCUT2D eigenvalue weighted by Gasteiger charge is 2.11. The Labute approximate surface area is 185 Å². The van der Waals surface area contributed by atoms with Crippen LogP contribution >= 0.6 is 28.4 Å². The zero-order chi connectivity index (χ0) is 21.6. The molecule has 0 bridgehead atoms. The molecule has 0 saturated heterocycles. The molecule has 1 aromatic heterocycles. The van der Waals surface area contributed by atoms with Crippen LogP contribution in [-0.4, -0.2) is 21.6 Å². The molecule has 0 radical (unpaired) electrons. The van der Waals surface area contributed by atoms with Crippen molar-refractivity contribution in [1.29, 1.82) is 5.41 Å². The van der Waals surface area contributed by atoms with Crippen molar-refractivity contribution < 1.29 is 15.1 Å². The molecular weight excluding hydrogens is 502 g/mol. The summed E-state index contributed by atoms with van der Waals surface area (Å²) in [5.41, 5.74) is 4.79. The molecule has 0 saturated carbocycles. The number of nitrogens with two attached hydrogens (primary N) is 1. The summed E-state index contributed by atoms with van der Waals surface area (Å²) < 4.78 is 5.62. The molecule has 0 fully saturated rings. The Morgan fingerprint density at radius 1 is 1.14 bits per heavy atom. The fraction of sp³-hybridized carbons (Fsp3) is 0.211. The van der Waals surface area contributed by atoms with E-state index in [9.17, 15) is 0 Å². The monoisotopic (exact) mass is 529 g/mol. The molecule has 2 aromatic carbocycles. The summed E-state index contributed by atoms with van der Waals surface area (Å²) >= 11 is 2.24. The van der Waals surface area contributed by atoms with E-state index in [1.807, 2.05) is 52.0 Å². The van der Waals surface area contributed by atoms with E-state index in [-0.39, 0.29) is 6.01 Å². The Kier molecular flexibility index (Phi) is 12.1. The molecule has 0 aliphatic heterocycles. The minimum Gasteiger partial charge on any atom is -0.403 e. The average molecular weight is 529 g/mol. The Morgan fingerprint density at radius 2 is 1.90 bits per heavy atom. The SMILES string of the molecule is CC.CC.N=Cc1cc(Nc2nnc(-c3cccc([NH2+]O)c3)o2)ccc1NPI. The Morgan fingerprint density at radius 3 is 2.55 bits per heavy atom. The van der Waals surface area contributed by atoms with Gasteiger partial charge in [-0.3, -0.25) is 0 Å². The molecule has 1 unspecified atom stereocenters. The fourth-order valence-electron chi connectivity index (χ4n) is 2.19. The quantitative estimate of drug-likeness (QED) is 0.0910. The van der Waals surface area contributed by atoms with Gasteiger partial charge in [0.15, 0.2) is 5.69 Å². The number of hydrogen-bond acceptors (Lipinski definition) is 7. The Hall–Kier alpha value is -2.07. The first-order valence-electron chi connectivity index (χ1n) is 9.18. The van der Waals surface area contributed by atoms with Gasteiger partial charge in [0, 0.05) is 47.2 Å². The Balaban J connectivity index is 0.000000989. The van der Waals surface area contributed by atoms with Gasteiger partial charge in [-0.05, 0) is 46.3 Å². The molecule has 6 N–H and O–H groups in total. The van der Waals surface area contributed by atoms with E-state index in [0.29, 0.717) is 23.5 Å². The minimum absolute atomic E-state index is 0.251. The first-order chi connectivity index (χ1) is 14.2. The standard InChI is InChI=1S/C15H14IN6O2P.2C2H6/c16-25-22-13-5-4-11(7-10(13)8-17)18-15-20-19-14(24-15)9-2-1-3-12(6-9)21-23;2*1-2/h1-8,17,21-23,25H,(H,18,20);2*1-2H3/p+1. The van der Waals surface area contributed by atoms with Crippen LogP contribution in [0.4, 0.5) is 23.1 Å². The number of nitrogens with zero attached hydrogens (tertiary/aromatic N) is 2. The second-order valence-corrected chi connectivity index (χ2v) is 7.01. The highest BCUT2D eigenvalue weighted by Crippen LogP contribution is 2.29. The highest BCUT2D eigenvalue weighted by molar-refractivity contribution is 14.2. The number of quaternary nitrogens is 1. The number of halogens is 1. The molecule has 29 heavy (non-hydrogen) atoms. The predicted molar refractivity (Wildman–Crippen MR) is 129 cm³/mol. The number of hydrogen-bond donors (Lipinski definition) is 5. The zero-order valence-corrected chi connectivity index (χ0v) is 20.0. The molecular formula is C19H27IN6O2P+. The van der Waals surface area contributed by atoms with Gasteiger partial charge >= 0.3 is 6.01 Å². The third-order valence-corrected chi connectivity index (χ3v) is 4.52. The van der Waals surface area contributed by atoms with Crippen molar-refractivity contribution in [3.05, 3.63) is 48.0 Å². The van der Waals surface area contributed by atoms with Gasteiger partial charge in [0.25, 0.3) is 0 Å². The van der Waals surface area contributed by atoms with Gasteiger partial charge in [0.1, 0.15) is 0 Å². The van der Waals surface area contributed by atoms with Gasteiger partial charge in [-0.25, -0.2) is 5.21 Å². The summed E-state index contributed by atoms with van der Waals surface area (Å²) in [6.07, 6.45) is 1.82. The van der Waals surface area contributed by atoms with Crippen molar-refractivity contribution in [3.63, 3.8) is 0 Å². The summed E-state index contributed by atoms with van der Waals surface area (Å²) in [6.45, 7) is 8.00. The van der Waals surface area contributed by atoms with Crippen LogP contribution in [0.1, 0.15) is 33.3 Å². The third-order valence-electron chi connectivity index (χ3n) is 3.35. The van der Waals surface area contributed by atoms with E-state index < -0.39 is 0 Å². The van der Waals surface area contributed by atoms with Crippen molar-refractivity contribution in [1.82, 2.24) is 10.2 Å². The van der Waals surface area contributed by atoms with E-state index in [4.69, 9.17) is 15.0 Å². The van der Waals surface area contributed by atoms with Gasteiger partial charge in [0.2, 0.25) is 5.89 Å². The lowest BCUT2D eigenvalue weighted by atomic mass is 10.2. The van der Waals surface area contributed by atoms with Crippen molar-refractivity contribution in [2.45, 2.75) is 27.7 Å². The molecule has 3 rings (SSSR count). The largest absolute Gasteiger partial charge is 0.403 e. The normalized spacial score (nSPS) is 9.86. The van der Waals surface area contributed by atoms with Gasteiger partial charge in [-0.15, -0.1) is 5.10 Å². The van der Waals surface area contributed by atoms with Crippen LogP contribution in [0.15, 0.2) is 46.9 Å². The molecule has 0 spiro atoms. The van der Waals surface area contributed by atoms with Crippen molar-refractivity contribution in [2.75, 3.05) is 10.4 Å². The van der Waals surface area contributed by atoms with Gasteiger partial charge < -0.3 is 20.2 Å². The van der Waals surface area contributed by atoms with Gasteiger partial charge in [0.05, 0.1) is 0 Å². The summed E-state index contributed by atoms with van der Waals surface area (Å²) in [7, 11) is 0. The Bertz CT molecular complexity index is 891. The fourth-order valence-corrected chi connectivity index (χ4v) is 3.39. The molecule has 10 heteroatoms. The summed E-state index contributed by atoms with van der Waals surface area (Å²) in [5.74, 6) is 0.350. The van der Waals surface area contributed by atoms with E-state index in [0.717, 1.165) is 22.4 Å². The van der Waals surface area contributed by atoms with Crippen LogP contribution in [0.2, 0.25) is 0 Å². The van der Waals surface area contributed by atoms with Crippen LogP contribution in [0.25, 0.3) is 11.5 Å². The van der Waals surface area contributed by atoms with Crippen LogP contribution < -0.4 is 15.9 Å². The maximum absolute atomic E-state index is 9.09. The first-order valence-corrected chi connectivity index (χ1v) is 13.3. The second-order valence-electron chi connectivity index (χ2n) is 4.96. The predicted octanol–water partition coefficient (Wildman–Crippen LogP) is 5.47. The molecule has 0 aliphatic rings. The average Bonchev–Trinajstić information content (AvgIpc) is 3.26. The van der Waals surface area contributed by atoms with Gasteiger partial charge in [-0.1, -0.05) is 38.9 Å². The second kappa shape index (κ2) is 14.0. The van der Waals surface area contributed by atoms with Gasteiger partial charge in [-0.2, -0.15) is 5.48 Å². The minimum atomic E-state index is 0.251. The summed E-state index contributed by atoms with van der Waals surface area (Å²) in [4.78, 5) is 0. The maximum atomic E-state index is 9.09. The van der Waals surface area contributed by atoms with Crippen molar-refractivity contribution in [3.8, 4) is 11.5 Å². The first kappa shape index (κ1) is 25.0. The third kappa shape index (κ3) is 7.36. The van der Waals surface area contributed by atoms with E-state index >= 15 is 0 Å². The lowest BCUT2D eigenvalue weighted by molar-refractivity contribution is -0.825. The number of rotatable bonds is 7. The van der Waals surface area contributed by atoms with E-state index in [2.05, 4.69) is 42.6 Å². The smallest absolute Gasteiger partial charge is 0.320 e. The summed E-state index contributed by atoms with van der Waals surface area (Å²) in [6, 6.07) is 13.0.